The predicted octanol–water partition coefficient (Wildman–Crippen LogP) is 5.32. The molecule has 0 spiro atoms. The summed E-state index contributed by atoms with van der Waals surface area (Å²) in [6, 6.07) is 4.86. The van der Waals surface area contributed by atoms with Gasteiger partial charge in [-0.15, -0.1) is 0 Å². The molecule has 0 amide bonds. The molecule has 11 heteroatoms. The van der Waals surface area contributed by atoms with Crippen molar-refractivity contribution in [3.63, 3.8) is 0 Å². The van der Waals surface area contributed by atoms with E-state index in [2.05, 4.69) is 5.10 Å². The highest BCUT2D eigenvalue weighted by Gasteiger charge is 2.35. The fourth-order valence-corrected chi connectivity index (χ4v) is 5.16. The Morgan fingerprint density at radius 1 is 1.17 bits per heavy atom. The third kappa shape index (κ3) is 5.59. The molecule has 3 rings (SSSR count). The second-order valence-corrected chi connectivity index (χ2v) is 12.5. The molecule has 0 radical (unpaired) electrons. The van der Waals surface area contributed by atoms with Crippen molar-refractivity contribution in [1.29, 1.82) is 0 Å². The summed E-state index contributed by atoms with van der Waals surface area (Å²) in [5, 5.41) is 4.85. The third-order valence-electron chi connectivity index (χ3n) is 5.32. The van der Waals surface area contributed by atoms with E-state index in [0.29, 0.717) is 33.4 Å². The zero-order valence-electron chi connectivity index (χ0n) is 21.8. The molecule has 0 saturated heterocycles. The molecule has 196 valence electrons. The second-order valence-electron chi connectivity index (χ2n) is 10.00. The molecule has 0 fully saturated rings. The maximum atomic E-state index is 13.5. The van der Waals surface area contributed by atoms with Gasteiger partial charge in [0.1, 0.15) is 16.8 Å². The van der Waals surface area contributed by atoms with Crippen molar-refractivity contribution in [2.24, 2.45) is 7.05 Å². The van der Waals surface area contributed by atoms with Gasteiger partial charge in [0.05, 0.1) is 23.6 Å². The van der Waals surface area contributed by atoms with Gasteiger partial charge < -0.3 is 9.47 Å². The van der Waals surface area contributed by atoms with Crippen molar-refractivity contribution in [1.82, 2.24) is 14.3 Å². The highest BCUT2D eigenvalue weighted by atomic mass is 35.5. The first kappa shape index (κ1) is 27.7. The molecule has 0 bridgehead atoms. The Morgan fingerprint density at radius 3 is 2.31 bits per heavy atom. The lowest BCUT2D eigenvalue weighted by Crippen LogP contribution is -2.29. The minimum absolute atomic E-state index is 0.0112. The Bertz CT molecular complexity index is 1440. The van der Waals surface area contributed by atoms with Gasteiger partial charge in [0.25, 0.3) is 0 Å². The van der Waals surface area contributed by atoms with Crippen molar-refractivity contribution in [3.8, 4) is 11.1 Å². The largest absolute Gasteiger partial charge is 0.461 e. The van der Waals surface area contributed by atoms with Gasteiger partial charge in [-0.3, -0.25) is 4.68 Å². The Hall–Kier alpha value is -2.85. The van der Waals surface area contributed by atoms with Crippen LogP contribution in [-0.2, 0) is 32.1 Å². The van der Waals surface area contributed by atoms with E-state index in [4.69, 9.17) is 21.1 Å². The van der Waals surface area contributed by atoms with Gasteiger partial charge in [-0.1, -0.05) is 37.6 Å². The maximum Gasteiger partial charge on any atom is 0.419 e. The van der Waals surface area contributed by atoms with Crippen LogP contribution < -0.4 is 0 Å². The Morgan fingerprint density at radius 2 is 1.81 bits per heavy atom. The first-order chi connectivity index (χ1) is 16.6. The molecule has 3 aromatic rings. The number of fused-ring (bicyclic) bond motifs is 1. The Balaban J connectivity index is 2.45. The summed E-state index contributed by atoms with van der Waals surface area (Å²) in [5.74, 6) is -1.01. The predicted molar refractivity (Wildman–Crippen MR) is 139 cm³/mol. The fraction of sp³-hybridized carbons (Fsp3) is 0.480. The van der Waals surface area contributed by atoms with E-state index in [-0.39, 0.29) is 29.0 Å². The maximum absolute atomic E-state index is 13.5. The van der Waals surface area contributed by atoms with Gasteiger partial charge >= 0.3 is 12.1 Å². The average molecular weight is 538 g/mol. The van der Waals surface area contributed by atoms with E-state index < -0.39 is 27.5 Å². The molecule has 0 saturated carbocycles. The van der Waals surface area contributed by atoms with Crippen LogP contribution in [0.5, 0.6) is 0 Å². The lowest BCUT2D eigenvalue weighted by atomic mass is 10.0. The lowest BCUT2D eigenvalue weighted by Gasteiger charge is -2.21. The highest BCUT2D eigenvalue weighted by molar-refractivity contribution is 7.89. The van der Waals surface area contributed by atoms with E-state index in [1.165, 1.54) is 4.57 Å². The van der Waals surface area contributed by atoms with Crippen LogP contribution in [0, 0.1) is 0 Å². The summed E-state index contributed by atoms with van der Waals surface area (Å²) >= 11 is 6.48. The number of hydrogen-bond donors (Lipinski definition) is 0. The Labute approximate surface area is 216 Å². The minimum Gasteiger partial charge on any atom is -0.461 e. The zero-order valence-corrected chi connectivity index (χ0v) is 23.4. The van der Waals surface area contributed by atoms with Gasteiger partial charge in [-0.05, 0) is 50.8 Å². The van der Waals surface area contributed by atoms with E-state index in [1.54, 1.807) is 57.6 Å². The van der Waals surface area contributed by atoms with Crippen LogP contribution in [0.2, 0.25) is 5.02 Å². The number of carbonyl (C=O) groups is 2. The van der Waals surface area contributed by atoms with Crippen LogP contribution in [0.25, 0.3) is 22.2 Å². The van der Waals surface area contributed by atoms with Gasteiger partial charge in [0, 0.05) is 23.9 Å². The minimum atomic E-state index is -3.32. The number of esters is 1. The van der Waals surface area contributed by atoms with Crippen molar-refractivity contribution >= 4 is 44.5 Å². The number of halogens is 1. The summed E-state index contributed by atoms with van der Waals surface area (Å²) in [5.41, 5.74) is 2.07. The molecular weight excluding hydrogens is 506 g/mol. The van der Waals surface area contributed by atoms with Crippen molar-refractivity contribution in [2.45, 2.75) is 58.8 Å². The molecule has 0 N–H and O–H groups in total. The van der Waals surface area contributed by atoms with Crippen LogP contribution >= 0.6 is 11.6 Å². The van der Waals surface area contributed by atoms with E-state index in [1.807, 2.05) is 13.8 Å². The first-order valence-corrected chi connectivity index (χ1v) is 14.0. The number of ether oxygens (including phenoxy) is 2. The quantitative estimate of drug-likeness (QED) is 0.391. The van der Waals surface area contributed by atoms with Gasteiger partial charge in [-0.25, -0.2) is 22.6 Å². The van der Waals surface area contributed by atoms with Crippen LogP contribution in [0.4, 0.5) is 4.79 Å². The van der Waals surface area contributed by atoms with Crippen molar-refractivity contribution in [2.75, 3.05) is 12.9 Å². The second kappa shape index (κ2) is 9.89. The number of carbonyl (C=O) groups excluding carboxylic acids is 2. The van der Waals surface area contributed by atoms with Crippen LogP contribution in [0.1, 0.15) is 69.2 Å². The third-order valence-corrected chi connectivity index (χ3v) is 6.51. The van der Waals surface area contributed by atoms with Crippen LogP contribution in [0.15, 0.2) is 18.2 Å². The number of aromatic nitrogens is 3. The number of nitrogens with zero attached hydrogens (tertiary/aromatic N) is 3. The van der Waals surface area contributed by atoms with Crippen molar-refractivity contribution < 1.29 is 27.5 Å². The summed E-state index contributed by atoms with van der Waals surface area (Å²) in [7, 11) is -1.59. The normalized spacial score (nSPS) is 12.4. The van der Waals surface area contributed by atoms with E-state index in [9.17, 15) is 18.0 Å². The molecule has 1 aromatic carbocycles. The van der Waals surface area contributed by atoms with E-state index >= 15 is 0 Å². The molecule has 9 nitrogen and oxygen atoms in total. The molecule has 2 heterocycles. The van der Waals surface area contributed by atoms with E-state index in [0.717, 1.165) is 6.26 Å². The van der Waals surface area contributed by atoms with Gasteiger partial charge in [0.2, 0.25) is 0 Å². The summed E-state index contributed by atoms with van der Waals surface area (Å²) in [4.78, 5) is 26.8. The average Bonchev–Trinajstić information content (AvgIpc) is 3.23. The fourth-order valence-electron chi connectivity index (χ4n) is 4.02. The SMILES string of the molecule is CCOC(=O)c1c(-c2ccc(CS(C)(=O)=O)c(Cl)c2)c2c(c(C(C)C)nn2C)n1C(=O)OC(C)(C)C. The van der Waals surface area contributed by atoms with Gasteiger partial charge in [-0.2, -0.15) is 5.10 Å². The number of sulfone groups is 1. The molecule has 0 aliphatic carbocycles. The molecule has 0 unspecified atom stereocenters. The van der Waals surface area contributed by atoms with Crippen LogP contribution in [0.3, 0.4) is 0 Å². The Kier molecular flexibility index (Phi) is 7.62. The summed E-state index contributed by atoms with van der Waals surface area (Å²) in [6.45, 7) is 10.9. The summed E-state index contributed by atoms with van der Waals surface area (Å²) in [6.07, 6.45) is 0.389. The van der Waals surface area contributed by atoms with Crippen molar-refractivity contribution in [3.05, 3.63) is 40.2 Å². The molecule has 0 atom stereocenters. The molecule has 0 aliphatic heterocycles. The highest BCUT2D eigenvalue weighted by Crippen LogP contribution is 2.40. The molecule has 2 aromatic heterocycles. The van der Waals surface area contributed by atoms with Gasteiger partial charge in [0.15, 0.2) is 9.84 Å². The molecular formula is C25H32ClN3O6S. The molecule has 36 heavy (non-hydrogen) atoms. The smallest absolute Gasteiger partial charge is 0.419 e. The first-order valence-electron chi connectivity index (χ1n) is 11.5. The number of aryl methyl sites for hydroxylation is 1. The summed E-state index contributed by atoms with van der Waals surface area (Å²) < 4.78 is 37.5. The molecule has 0 aliphatic rings. The standard InChI is InChI=1S/C25H32ClN3O6S/c1-9-34-23(30)21-18(15-10-11-16(17(26)12-15)13-36(8,32)33)20-22(19(14(2)3)27-28(20)7)29(21)24(31)35-25(4,5)6/h10-12,14H,9,13H2,1-8H3. The van der Waals surface area contributed by atoms with Crippen LogP contribution in [-0.4, -0.2) is 53.3 Å². The number of hydrogen-bond acceptors (Lipinski definition) is 7. The number of rotatable bonds is 6. The number of benzene rings is 1. The monoisotopic (exact) mass is 537 g/mol. The zero-order chi connectivity index (χ0) is 27.2. The topological polar surface area (TPSA) is 109 Å². The lowest BCUT2D eigenvalue weighted by molar-refractivity contribution is 0.0454.